The molecule has 1 saturated carbocycles. The van der Waals surface area contributed by atoms with Crippen molar-refractivity contribution >= 4 is 22.4 Å². The number of nitrogens with zero attached hydrogens (tertiary/aromatic N) is 3. The second kappa shape index (κ2) is 8.94. The van der Waals surface area contributed by atoms with E-state index < -0.39 is 0 Å². The van der Waals surface area contributed by atoms with Gasteiger partial charge in [-0.3, -0.25) is 4.98 Å². The predicted molar refractivity (Wildman–Crippen MR) is 130 cm³/mol. The van der Waals surface area contributed by atoms with Crippen LogP contribution in [0.25, 0.3) is 22.3 Å². The zero-order valence-electron chi connectivity index (χ0n) is 18.6. The lowest BCUT2D eigenvalue weighted by Gasteiger charge is -2.16. The number of pyridine rings is 1. The molecule has 168 valence electrons. The van der Waals surface area contributed by atoms with Crippen LogP contribution in [0.15, 0.2) is 54.7 Å². The second-order valence-corrected chi connectivity index (χ2v) is 8.45. The lowest BCUT2D eigenvalue weighted by atomic mass is 10.1. The molecule has 1 aliphatic rings. The Kier molecular flexibility index (Phi) is 5.69. The third kappa shape index (κ3) is 4.53. The van der Waals surface area contributed by atoms with Crippen molar-refractivity contribution in [3.63, 3.8) is 0 Å². The Bertz CT molecular complexity index is 1290. The average Bonchev–Trinajstić information content (AvgIpc) is 3.33. The Morgan fingerprint density at radius 1 is 0.970 bits per heavy atom. The maximum absolute atomic E-state index is 6.28. The number of hydrogen-bond acceptors (Lipinski definition) is 7. The van der Waals surface area contributed by atoms with Crippen LogP contribution < -0.4 is 20.9 Å². The second-order valence-electron chi connectivity index (χ2n) is 8.45. The first kappa shape index (κ1) is 21.0. The largest absolute Gasteiger partial charge is 0.488 e. The molecule has 0 unspecified atom stereocenters. The van der Waals surface area contributed by atoms with E-state index in [1.165, 1.54) is 12.8 Å². The van der Waals surface area contributed by atoms with E-state index in [4.69, 9.17) is 25.9 Å². The number of nitrogens with two attached hydrogens (primary N) is 2. The molecule has 1 fully saturated rings. The number of benzene rings is 2. The lowest BCUT2D eigenvalue weighted by molar-refractivity contribution is 0.211. The maximum atomic E-state index is 6.28. The summed E-state index contributed by atoms with van der Waals surface area (Å²) in [5.74, 6) is 2.39. The Morgan fingerprint density at radius 3 is 2.58 bits per heavy atom. The fraction of sp³-hybridized carbons (Fsp3) is 0.269. The number of nitrogen functional groups attached to an aromatic ring is 2. The van der Waals surface area contributed by atoms with Crippen LogP contribution in [0.5, 0.6) is 11.5 Å². The van der Waals surface area contributed by atoms with Crippen molar-refractivity contribution in [2.24, 2.45) is 0 Å². The topological polar surface area (TPSA) is 109 Å². The van der Waals surface area contributed by atoms with Crippen LogP contribution >= 0.6 is 0 Å². The van der Waals surface area contributed by atoms with Gasteiger partial charge >= 0.3 is 0 Å². The smallest absolute Gasteiger partial charge is 0.162 e. The van der Waals surface area contributed by atoms with E-state index in [-0.39, 0.29) is 6.10 Å². The van der Waals surface area contributed by atoms with Crippen molar-refractivity contribution < 1.29 is 9.47 Å². The van der Waals surface area contributed by atoms with Gasteiger partial charge in [0.1, 0.15) is 23.9 Å². The molecule has 0 amide bonds. The zero-order chi connectivity index (χ0) is 22.8. The highest BCUT2D eigenvalue weighted by Crippen LogP contribution is 2.34. The van der Waals surface area contributed by atoms with Crippen molar-refractivity contribution in [3.05, 3.63) is 66.0 Å². The maximum Gasteiger partial charge on any atom is 0.162 e. The van der Waals surface area contributed by atoms with E-state index >= 15 is 0 Å². The van der Waals surface area contributed by atoms with Crippen LogP contribution in [0.4, 0.5) is 11.5 Å². The molecule has 0 saturated heterocycles. The molecule has 0 atom stereocenters. The van der Waals surface area contributed by atoms with Crippen molar-refractivity contribution in [1.29, 1.82) is 0 Å². The van der Waals surface area contributed by atoms with Gasteiger partial charge in [-0.25, -0.2) is 9.97 Å². The van der Waals surface area contributed by atoms with Gasteiger partial charge < -0.3 is 20.9 Å². The van der Waals surface area contributed by atoms with E-state index in [9.17, 15) is 0 Å². The predicted octanol–water partition coefficient (Wildman–Crippen LogP) is 5.07. The summed E-state index contributed by atoms with van der Waals surface area (Å²) in [7, 11) is 0. The number of aromatic nitrogens is 3. The van der Waals surface area contributed by atoms with E-state index in [0.29, 0.717) is 35.2 Å². The first-order chi connectivity index (χ1) is 16.1. The number of ether oxygens (including phenoxy) is 2. The summed E-state index contributed by atoms with van der Waals surface area (Å²) in [5, 5.41) is 0.724. The van der Waals surface area contributed by atoms with Gasteiger partial charge in [-0.15, -0.1) is 0 Å². The molecule has 0 aliphatic heterocycles. The summed E-state index contributed by atoms with van der Waals surface area (Å²) < 4.78 is 12.1. The van der Waals surface area contributed by atoms with Gasteiger partial charge in [-0.2, -0.15) is 0 Å². The third-order valence-electron chi connectivity index (χ3n) is 5.99. The molecule has 2 aromatic heterocycles. The van der Waals surface area contributed by atoms with Crippen molar-refractivity contribution in [2.45, 2.75) is 45.3 Å². The van der Waals surface area contributed by atoms with Crippen LogP contribution in [0.2, 0.25) is 0 Å². The van der Waals surface area contributed by atoms with Crippen LogP contribution in [0, 0.1) is 6.92 Å². The highest BCUT2D eigenvalue weighted by Gasteiger charge is 2.19. The summed E-state index contributed by atoms with van der Waals surface area (Å²) in [6.45, 7) is 2.40. The molecule has 0 radical (unpaired) electrons. The molecule has 4 N–H and O–H groups in total. The number of rotatable bonds is 6. The molecule has 2 aromatic carbocycles. The molecular weight excluding hydrogens is 414 g/mol. The van der Waals surface area contributed by atoms with Crippen LogP contribution in [0.1, 0.15) is 36.9 Å². The number of anilines is 2. The Morgan fingerprint density at radius 2 is 1.82 bits per heavy atom. The Balaban J connectivity index is 1.42. The SMILES string of the molecule is Cc1cc(-c2nc(N)c3cc(N)c(OC4CCCC4)cc3n2)ccc1OCc1ccccn1. The molecule has 2 heterocycles. The van der Waals surface area contributed by atoms with Crippen molar-refractivity contribution in [2.75, 3.05) is 11.5 Å². The summed E-state index contributed by atoms with van der Waals surface area (Å²) in [5.41, 5.74) is 16.5. The van der Waals surface area contributed by atoms with Gasteiger partial charge in [0.2, 0.25) is 0 Å². The minimum absolute atomic E-state index is 0.213. The molecule has 0 spiro atoms. The first-order valence-corrected chi connectivity index (χ1v) is 11.2. The molecule has 4 aromatic rings. The average molecular weight is 442 g/mol. The van der Waals surface area contributed by atoms with E-state index in [1.54, 1.807) is 12.3 Å². The van der Waals surface area contributed by atoms with Crippen LogP contribution in [-0.4, -0.2) is 21.1 Å². The highest BCUT2D eigenvalue weighted by atomic mass is 16.5. The summed E-state index contributed by atoms with van der Waals surface area (Å²) in [6, 6.07) is 15.3. The van der Waals surface area contributed by atoms with E-state index in [1.807, 2.05) is 49.4 Å². The highest BCUT2D eigenvalue weighted by molar-refractivity contribution is 5.93. The molecule has 7 heteroatoms. The molecule has 5 rings (SSSR count). The molecule has 7 nitrogen and oxygen atoms in total. The molecule has 33 heavy (non-hydrogen) atoms. The van der Waals surface area contributed by atoms with Gasteiger partial charge in [-0.05, 0) is 74.6 Å². The van der Waals surface area contributed by atoms with Gasteiger partial charge in [0.15, 0.2) is 5.82 Å². The third-order valence-corrected chi connectivity index (χ3v) is 5.99. The Hall–Kier alpha value is -3.87. The quantitative estimate of drug-likeness (QED) is 0.402. The Labute approximate surface area is 192 Å². The van der Waals surface area contributed by atoms with Gasteiger partial charge in [0.05, 0.1) is 23.0 Å². The summed E-state index contributed by atoms with van der Waals surface area (Å²) >= 11 is 0. The first-order valence-electron chi connectivity index (χ1n) is 11.2. The molecular formula is C26H27N5O2. The van der Waals surface area contributed by atoms with E-state index in [0.717, 1.165) is 40.8 Å². The summed E-state index contributed by atoms with van der Waals surface area (Å²) in [4.78, 5) is 13.6. The fourth-order valence-electron chi connectivity index (χ4n) is 4.20. The number of hydrogen-bond donors (Lipinski definition) is 2. The van der Waals surface area contributed by atoms with Gasteiger partial charge in [0.25, 0.3) is 0 Å². The van der Waals surface area contributed by atoms with Crippen LogP contribution in [-0.2, 0) is 6.61 Å². The van der Waals surface area contributed by atoms with Gasteiger partial charge in [-0.1, -0.05) is 6.07 Å². The lowest BCUT2D eigenvalue weighted by Crippen LogP contribution is -2.12. The minimum atomic E-state index is 0.213. The minimum Gasteiger partial charge on any atom is -0.488 e. The van der Waals surface area contributed by atoms with Crippen molar-refractivity contribution in [1.82, 2.24) is 15.0 Å². The molecule has 1 aliphatic carbocycles. The van der Waals surface area contributed by atoms with Crippen molar-refractivity contribution in [3.8, 4) is 22.9 Å². The summed E-state index contributed by atoms with van der Waals surface area (Å²) in [6.07, 6.45) is 6.47. The zero-order valence-corrected chi connectivity index (χ0v) is 18.6. The van der Waals surface area contributed by atoms with Crippen LogP contribution in [0.3, 0.4) is 0 Å². The fourth-order valence-corrected chi connectivity index (χ4v) is 4.20. The standard InChI is InChI=1S/C26H27N5O2/c1-16-12-17(9-10-23(16)32-15-18-6-4-5-11-29-18)26-30-22-14-24(33-19-7-2-3-8-19)21(27)13-20(22)25(28)31-26/h4-6,9-14,19H,2-3,7-8,15,27H2,1H3,(H2,28,30,31). The van der Waals surface area contributed by atoms with E-state index in [2.05, 4.69) is 9.97 Å². The normalized spacial score (nSPS) is 14.0. The number of aryl methyl sites for hydroxylation is 1. The monoisotopic (exact) mass is 441 g/mol. The number of fused-ring (bicyclic) bond motifs is 1. The van der Waals surface area contributed by atoms with Gasteiger partial charge in [0, 0.05) is 23.2 Å². The molecule has 0 bridgehead atoms.